The van der Waals surface area contributed by atoms with Crippen LogP contribution in [0.4, 0.5) is 4.79 Å². The Kier molecular flexibility index (Phi) is 4.34. The molecule has 1 heterocycles. The molecule has 1 fully saturated rings. The van der Waals surface area contributed by atoms with Gasteiger partial charge in [0.2, 0.25) is 0 Å². The van der Waals surface area contributed by atoms with Crippen molar-refractivity contribution in [3.05, 3.63) is 0 Å². The van der Waals surface area contributed by atoms with Crippen molar-refractivity contribution in [3.8, 4) is 0 Å². The van der Waals surface area contributed by atoms with Crippen molar-refractivity contribution in [1.29, 1.82) is 0 Å². The maximum Gasteiger partial charge on any atom is 0.407 e. The minimum atomic E-state index is -0.890. The summed E-state index contributed by atoms with van der Waals surface area (Å²) in [5.74, 6) is -1.44. The molecule has 1 aliphatic rings. The first-order valence-electron chi connectivity index (χ1n) is 5.61. The number of carboxylic acids is 1. The fourth-order valence-corrected chi connectivity index (χ4v) is 1.63. The van der Waals surface area contributed by atoms with E-state index in [2.05, 4.69) is 5.32 Å². The van der Waals surface area contributed by atoms with Crippen molar-refractivity contribution in [2.24, 2.45) is 5.92 Å². The lowest BCUT2D eigenvalue weighted by atomic mass is 10.0. The number of nitrogens with one attached hydrogen (secondary N) is 1. The van der Waals surface area contributed by atoms with E-state index >= 15 is 0 Å². The molecule has 0 aromatic rings. The number of carbonyl (C=O) groups excluding carboxylic acids is 1. The molecule has 1 aliphatic heterocycles. The summed E-state index contributed by atoms with van der Waals surface area (Å²) in [7, 11) is 0. The zero-order valence-corrected chi connectivity index (χ0v) is 10.4. The average molecular weight is 245 g/mol. The van der Waals surface area contributed by atoms with Crippen LogP contribution in [-0.2, 0) is 14.3 Å². The fraction of sp³-hybridized carbons (Fsp3) is 0.818. The molecular formula is C11H19NO5. The zero-order valence-electron chi connectivity index (χ0n) is 10.4. The quantitative estimate of drug-likeness (QED) is 0.774. The van der Waals surface area contributed by atoms with Crippen molar-refractivity contribution in [2.45, 2.75) is 38.9 Å². The Morgan fingerprint density at radius 1 is 1.47 bits per heavy atom. The fourth-order valence-electron chi connectivity index (χ4n) is 1.63. The summed E-state index contributed by atoms with van der Waals surface area (Å²) in [6.45, 7) is 5.86. The monoisotopic (exact) mass is 245 g/mol. The summed E-state index contributed by atoms with van der Waals surface area (Å²) < 4.78 is 10.3. The second kappa shape index (κ2) is 5.35. The lowest BCUT2D eigenvalue weighted by Gasteiger charge is -2.21. The standard InChI is InChI=1S/C11H19NO5/c1-11(2,3)17-10(15)12-6-8-7(9(13)14)4-5-16-8/h7-8H,4-6H2,1-3H3,(H,12,15)(H,13,14)/t7-,8+/m1/s1. The number of aliphatic carboxylic acids is 1. The van der Waals surface area contributed by atoms with E-state index in [-0.39, 0.29) is 6.54 Å². The molecule has 0 aliphatic carbocycles. The highest BCUT2D eigenvalue weighted by Crippen LogP contribution is 2.20. The Morgan fingerprint density at radius 2 is 2.12 bits per heavy atom. The van der Waals surface area contributed by atoms with Crippen LogP contribution in [0, 0.1) is 5.92 Å². The smallest absolute Gasteiger partial charge is 0.407 e. The van der Waals surface area contributed by atoms with Crippen LogP contribution < -0.4 is 5.32 Å². The van der Waals surface area contributed by atoms with Gasteiger partial charge in [-0.2, -0.15) is 0 Å². The van der Waals surface area contributed by atoms with E-state index < -0.39 is 29.7 Å². The summed E-state index contributed by atoms with van der Waals surface area (Å²) in [5, 5.41) is 11.4. The van der Waals surface area contributed by atoms with Gasteiger partial charge < -0.3 is 19.9 Å². The van der Waals surface area contributed by atoms with Gasteiger partial charge in [0.05, 0.1) is 12.0 Å². The van der Waals surface area contributed by atoms with Crippen LogP contribution in [0.15, 0.2) is 0 Å². The first-order valence-corrected chi connectivity index (χ1v) is 5.61. The van der Waals surface area contributed by atoms with E-state index in [0.29, 0.717) is 13.0 Å². The highest BCUT2D eigenvalue weighted by atomic mass is 16.6. The second-order valence-corrected chi connectivity index (χ2v) is 5.03. The van der Waals surface area contributed by atoms with Crippen molar-refractivity contribution in [3.63, 3.8) is 0 Å². The second-order valence-electron chi connectivity index (χ2n) is 5.03. The first kappa shape index (κ1) is 13.8. The van der Waals surface area contributed by atoms with Crippen LogP contribution in [0.25, 0.3) is 0 Å². The summed E-state index contributed by atoms with van der Waals surface area (Å²) in [6, 6.07) is 0. The number of ether oxygens (including phenoxy) is 2. The topological polar surface area (TPSA) is 84.9 Å². The van der Waals surface area contributed by atoms with E-state index in [4.69, 9.17) is 14.6 Å². The molecule has 1 rings (SSSR count). The molecule has 6 nitrogen and oxygen atoms in total. The third-order valence-corrected chi connectivity index (χ3v) is 2.37. The number of rotatable bonds is 3. The Labute approximate surface area is 100 Å². The third kappa shape index (κ3) is 4.60. The van der Waals surface area contributed by atoms with Crippen LogP contribution in [0.2, 0.25) is 0 Å². The zero-order chi connectivity index (χ0) is 13.1. The number of hydrogen-bond acceptors (Lipinski definition) is 4. The van der Waals surface area contributed by atoms with Gasteiger partial charge in [-0.25, -0.2) is 4.79 Å². The summed E-state index contributed by atoms with van der Waals surface area (Å²) in [4.78, 5) is 22.2. The molecule has 1 amide bonds. The van der Waals surface area contributed by atoms with E-state index in [0.717, 1.165) is 0 Å². The Hall–Kier alpha value is -1.30. The van der Waals surface area contributed by atoms with Crippen molar-refractivity contribution < 1.29 is 24.2 Å². The maximum absolute atomic E-state index is 11.4. The molecule has 0 spiro atoms. The molecule has 0 unspecified atom stereocenters. The highest BCUT2D eigenvalue weighted by molar-refractivity contribution is 5.71. The molecule has 1 saturated heterocycles. The Morgan fingerprint density at radius 3 is 2.65 bits per heavy atom. The van der Waals surface area contributed by atoms with Gasteiger partial charge in [0.15, 0.2) is 0 Å². The molecule has 98 valence electrons. The molecule has 6 heteroatoms. The van der Waals surface area contributed by atoms with Crippen molar-refractivity contribution in [1.82, 2.24) is 5.32 Å². The van der Waals surface area contributed by atoms with Crippen LogP contribution in [0.1, 0.15) is 27.2 Å². The molecule has 17 heavy (non-hydrogen) atoms. The molecule has 0 aromatic heterocycles. The minimum absolute atomic E-state index is 0.159. The van der Waals surface area contributed by atoms with Crippen LogP contribution in [0.3, 0.4) is 0 Å². The number of alkyl carbamates (subject to hydrolysis) is 1. The van der Waals surface area contributed by atoms with E-state index in [1.807, 2.05) is 0 Å². The van der Waals surface area contributed by atoms with Gasteiger partial charge in [0.1, 0.15) is 5.60 Å². The van der Waals surface area contributed by atoms with Gasteiger partial charge >= 0.3 is 12.1 Å². The highest BCUT2D eigenvalue weighted by Gasteiger charge is 2.34. The van der Waals surface area contributed by atoms with E-state index in [1.165, 1.54) is 0 Å². The van der Waals surface area contributed by atoms with Gasteiger partial charge in [-0.05, 0) is 27.2 Å². The third-order valence-electron chi connectivity index (χ3n) is 2.37. The number of carboxylic acid groups (broad SMARTS) is 1. The van der Waals surface area contributed by atoms with Crippen molar-refractivity contribution >= 4 is 12.1 Å². The number of hydrogen-bond donors (Lipinski definition) is 2. The Bertz CT molecular complexity index is 297. The molecule has 2 atom stereocenters. The van der Waals surface area contributed by atoms with Gasteiger partial charge in [0, 0.05) is 13.2 Å². The van der Waals surface area contributed by atoms with Gasteiger partial charge in [-0.15, -0.1) is 0 Å². The molecule has 0 bridgehead atoms. The molecule has 0 radical (unpaired) electrons. The summed E-state index contributed by atoms with van der Waals surface area (Å²) >= 11 is 0. The van der Waals surface area contributed by atoms with Crippen LogP contribution in [0.5, 0.6) is 0 Å². The van der Waals surface area contributed by atoms with Gasteiger partial charge in [0.25, 0.3) is 0 Å². The molecular weight excluding hydrogens is 226 g/mol. The lowest BCUT2D eigenvalue weighted by molar-refractivity contribution is -0.143. The SMILES string of the molecule is CC(C)(C)OC(=O)NC[C@@H]1OCC[C@H]1C(=O)O. The number of carbonyl (C=O) groups is 2. The molecule has 2 N–H and O–H groups in total. The van der Waals surface area contributed by atoms with Gasteiger partial charge in [-0.3, -0.25) is 4.79 Å². The number of amides is 1. The average Bonchev–Trinajstić information content (AvgIpc) is 2.59. The largest absolute Gasteiger partial charge is 0.481 e. The summed E-state index contributed by atoms with van der Waals surface area (Å²) in [6.07, 6.45) is -0.548. The van der Waals surface area contributed by atoms with Gasteiger partial charge in [-0.1, -0.05) is 0 Å². The van der Waals surface area contributed by atoms with E-state index in [9.17, 15) is 9.59 Å². The van der Waals surface area contributed by atoms with Crippen LogP contribution in [-0.4, -0.2) is 42.0 Å². The maximum atomic E-state index is 11.4. The normalized spacial score (nSPS) is 24.4. The molecule has 0 aromatic carbocycles. The first-order chi connectivity index (χ1) is 7.79. The van der Waals surface area contributed by atoms with Crippen molar-refractivity contribution in [2.75, 3.05) is 13.2 Å². The van der Waals surface area contributed by atoms with Crippen LogP contribution >= 0.6 is 0 Å². The summed E-state index contributed by atoms with van der Waals surface area (Å²) in [5.41, 5.74) is -0.563. The Balaban J connectivity index is 2.35. The van der Waals surface area contributed by atoms with E-state index in [1.54, 1.807) is 20.8 Å². The lowest BCUT2D eigenvalue weighted by Crippen LogP contribution is -2.40. The molecule has 0 saturated carbocycles. The predicted octanol–water partition coefficient (Wildman–Crippen LogP) is 1.00. The minimum Gasteiger partial charge on any atom is -0.481 e. The predicted molar refractivity (Wildman–Crippen MR) is 59.7 cm³/mol.